The Morgan fingerprint density at radius 1 is 1.04 bits per heavy atom. The van der Waals surface area contributed by atoms with Crippen LogP contribution in [-0.2, 0) is 17.6 Å². The molecule has 120 valence electrons. The highest BCUT2D eigenvalue weighted by molar-refractivity contribution is 9.10. The predicted octanol–water partition coefficient (Wildman–Crippen LogP) is 5.21. The van der Waals surface area contributed by atoms with Gasteiger partial charge in [0.2, 0.25) is 0 Å². The first kappa shape index (κ1) is 19.4. The van der Waals surface area contributed by atoms with Crippen molar-refractivity contribution < 1.29 is 9.90 Å². The number of nitriles is 1. The first-order valence-electron chi connectivity index (χ1n) is 6.93. The van der Waals surface area contributed by atoms with Crippen LogP contribution in [0.2, 0.25) is 0 Å². The van der Waals surface area contributed by atoms with Gasteiger partial charge in [-0.15, -0.1) is 0 Å². The lowest BCUT2D eigenvalue weighted by molar-refractivity contribution is -0.136. The van der Waals surface area contributed by atoms with Gasteiger partial charge in [-0.3, -0.25) is 4.79 Å². The highest BCUT2D eigenvalue weighted by atomic mass is 79.9. The average molecular weight is 439 g/mol. The van der Waals surface area contributed by atoms with E-state index in [0.717, 1.165) is 25.6 Å². The number of carboxylic acids is 1. The second-order valence-corrected chi connectivity index (χ2v) is 6.59. The lowest BCUT2D eigenvalue weighted by atomic mass is 10.1. The quantitative estimate of drug-likeness (QED) is 0.715. The van der Waals surface area contributed by atoms with Crippen molar-refractivity contribution in [1.29, 1.82) is 5.26 Å². The van der Waals surface area contributed by atoms with Crippen LogP contribution in [0.3, 0.4) is 0 Å². The minimum atomic E-state index is -0.804. The minimum Gasteiger partial charge on any atom is -0.481 e. The molecule has 0 heterocycles. The predicted molar refractivity (Wildman–Crippen MR) is 98.4 cm³/mol. The Morgan fingerprint density at radius 3 is 2.00 bits per heavy atom. The zero-order valence-corrected chi connectivity index (χ0v) is 16.1. The molecule has 0 amide bonds. The normalized spacial score (nSPS) is 9.52. The van der Waals surface area contributed by atoms with Crippen molar-refractivity contribution in [2.75, 3.05) is 0 Å². The molecule has 0 aromatic heterocycles. The molecule has 0 atom stereocenters. The number of aliphatic carboxylic acids is 1. The van der Waals surface area contributed by atoms with E-state index in [1.165, 1.54) is 5.56 Å². The van der Waals surface area contributed by atoms with Crippen LogP contribution in [0.5, 0.6) is 0 Å². The summed E-state index contributed by atoms with van der Waals surface area (Å²) >= 11 is 6.78. The molecule has 0 aliphatic rings. The fourth-order valence-corrected chi connectivity index (χ4v) is 2.75. The second-order valence-electron chi connectivity index (χ2n) is 5.00. The monoisotopic (exact) mass is 437 g/mol. The van der Waals surface area contributed by atoms with Crippen LogP contribution in [0.25, 0.3) is 0 Å². The third-order valence-corrected chi connectivity index (χ3v) is 5.42. The number of aryl methyl sites for hydroxylation is 2. The molecule has 0 unspecified atom stereocenters. The van der Waals surface area contributed by atoms with Crippen molar-refractivity contribution in [2.24, 2.45) is 0 Å². The van der Waals surface area contributed by atoms with Crippen molar-refractivity contribution in [1.82, 2.24) is 0 Å². The molecule has 0 fully saturated rings. The van der Waals surface area contributed by atoms with Crippen molar-refractivity contribution in [3.05, 3.63) is 67.6 Å². The minimum absolute atomic E-state index is 0.0717. The van der Waals surface area contributed by atoms with Gasteiger partial charge >= 0.3 is 5.97 Å². The number of hydrogen-bond acceptors (Lipinski definition) is 2. The molecular weight excluding hydrogens is 422 g/mol. The summed E-state index contributed by atoms with van der Waals surface area (Å²) in [5.41, 5.74) is 4.13. The second kappa shape index (κ2) is 9.49. The van der Waals surface area contributed by atoms with Gasteiger partial charge in [0.15, 0.2) is 0 Å². The van der Waals surface area contributed by atoms with E-state index in [-0.39, 0.29) is 6.42 Å². The van der Waals surface area contributed by atoms with Crippen LogP contribution in [0.1, 0.15) is 22.3 Å². The number of benzene rings is 2. The summed E-state index contributed by atoms with van der Waals surface area (Å²) in [7, 11) is 0. The summed E-state index contributed by atoms with van der Waals surface area (Å²) in [4.78, 5) is 10.4. The standard InChI is InChI=1S/C9H8BrN.C9H9BrO2/c1-7-3-2-4-8(5-6-11)9(7)10;1-6-3-2-4-7(9(6)10)5-8(11)12/h2-4H,5H2,1H3;2-4H,5H2,1H3,(H,11,12). The third kappa shape index (κ3) is 6.17. The van der Waals surface area contributed by atoms with Gasteiger partial charge in [-0.25, -0.2) is 0 Å². The third-order valence-electron chi connectivity index (χ3n) is 3.15. The maximum Gasteiger partial charge on any atom is 0.307 e. The van der Waals surface area contributed by atoms with E-state index in [1.807, 2.05) is 50.2 Å². The molecule has 3 nitrogen and oxygen atoms in total. The Hall–Kier alpha value is -1.64. The number of carboxylic acid groups (broad SMARTS) is 1. The molecule has 2 aromatic carbocycles. The van der Waals surface area contributed by atoms with Crippen molar-refractivity contribution in [3.8, 4) is 6.07 Å². The summed E-state index contributed by atoms with van der Waals surface area (Å²) in [5.74, 6) is -0.804. The summed E-state index contributed by atoms with van der Waals surface area (Å²) in [6.45, 7) is 3.96. The van der Waals surface area contributed by atoms with Gasteiger partial charge in [0.05, 0.1) is 18.9 Å². The zero-order chi connectivity index (χ0) is 17.4. The van der Waals surface area contributed by atoms with Gasteiger partial charge in [0.1, 0.15) is 0 Å². The van der Waals surface area contributed by atoms with Crippen LogP contribution in [0, 0.1) is 25.2 Å². The number of nitrogens with zero attached hydrogens (tertiary/aromatic N) is 1. The Bertz CT molecular complexity index is 736. The lowest BCUT2D eigenvalue weighted by Gasteiger charge is -2.03. The highest BCUT2D eigenvalue weighted by Crippen LogP contribution is 2.21. The number of halogens is 2. The summed E-state index contributed by atoms with van der Waals surface area (Å²) in [6.07, 6.45) is 0.546. The molecule has 0 saturated heterocycles. The zero-order valence-electron chi connectivity index (χ0n) is 12.9. The van der Waals surface area contributed by atoms with Gasteiger partial charge in [-0.2, -0.15) is 5.26 Å². The van der Waals surface area contributed by atoms with E-state index in [0.29, 0.717) is 6.42 Å². The van der Waals surface area contributed by atoms with E-state index in [1.54, 1.807) is 0 Å². The fraction of sp³-hybridized carbons (Fsp3) is 0.222. The van der Waals surface area contributed by atoms with Gasteiger partial charge in [0.25, 0.3) is 0 Å². The largest absolute Gasteiger partial charge is 0.481 e. The molecule has 0 radical (unpaired) electrons. The molecule has 0 saturated carbocycles. The van der Waals surface area contributed by atoms with E-state index >= 15 is 0 Å². The number of hydrogen-bond donors (Lipinski definition) is 1. The van der Waals surface area contributed by atoms with E-state index in [4.69, 9.17) is 10.4 Å². The summed E-state index contributed by atoms with van der Waals surface area (Å²) < 4.78 is 1.95. The van der Waals surface area contributed by atoms with Crippen LogP contribution in [0.15, 0.2) is 45.3 Å². The molecule has 0 spiro atoms. The molecule has 2 aromatic rings. The fourth-order valence-electron chi connectivity index (χ4n) is 1.94. The summed E-state index contributed by atoms with van der Waals surface area (Å²) in [6, 6.07) is 13.7. The maximum atomic E-state index is 10.4. The van der Waals surface area contributed by atoms with Crippen LogP contribution in [-0.4, -0.2) is 11.1 Å². The van der Waals surface area contributed by atoms with E-state index in [2.05, 4.69) is 37.9 Å². The molecule has 23 heavy (non-hydrogen) atoms. The average Bonchev–Trinajstić information content (AvgIpc) is 2.49. The molecule has 2 rings (SSSR count). The Morgan fingerprint density at radius 2 is 1.52 bits per heavy atom. The first-order chi connectivity index (χ1) is 10.9. The molecular formula is C18H17Br2NO2. The van der Waals surface area contributed by atoms with Gasteiger partial charge < -0.3 is 5.11 Å². The number of carbonyl (C=O) groups is 1. The van der Waals surface area contributed by atoms with Crippen LogP contribution < -0.4 is 0 Å². The van der Waals surface area contributed by atoms with Crippen molar-refractivity contribution in [2.45, 2.75) is 26.7 Å². The van der Waals surface area contributed by atoms with Crippen LogP contribution in [0.4, 0.5) is 0 Å². The molecule has 1 N–H and O–H groups in total. The highest BCUT2D eigenvalue weighted by Gasteiger charge is 2.05. The smallest absolute Gasteiger partial charge is 0.307 e. The maximum absolute atomic E-state index is 10.4. The van der Waals surface area contributed by atoms with Gasteiger partial charge in [-0.1, -0.05) is 68.3 Å². The van der Waals surface area contributed by atoms with Crippen LogP contribution >= 0.6 is 31.9 Å². The van der Waals surface area contributed by atoms with Gasteiger partial charge in [0, 0.05) is 8.95 Å². The molecule has 0 bridgehead atoms. The Balaban J connectivity index is 0.000000231. The van der Waals surface area contributed by atoms with E-state index < -0.39 is 5.97 Å². The van der Waals surface area contributed by atoms with E-state index in [9.17, 15) is 4.79 Å². The molecule has 5 heteroatoms. The SMILES string of the molecule is Cc1cccc(CC#N)c1Br.Cc1cccc(CC(=O)O)c1Br. The Labute approximate surface area is 153 Å². The first-order valence-corrected chi connectivity index (χ1v) is 8.52. The number of rotatable bonds is 3. The van der Waals surface area contributed by atoms with Crippen molar-refractivity contribution in [3.63, 3.8) is 0 Å². The van der Waals surface area contributed by atoms with Gasteiger partial charge in [-0.05, 0) is 36.1 Å². The molecule has 0 aliphatic carbocycles. The van der Waals surface area contributed by atoms with Crippen molar-refractivity contribution >= 4 is 37.8 Å². The summed E-state index contributed by atoms with van der Waals surface area (Å²) in [5, 5.41) is 17.0. The molecule has 0 aliphatic heterocycles. The lowest BCUT2D eigenvalue weighted by Crippen LogP contribution is -2.01. The Kier molecular flexibility index (Phi) is 8.01. The topological polar surface area (TPSA) is 61.1 Å².